The molecule has 0 aliphatic carbocycles. The van der Waals surface area contributed by atoms with Crippen molar-refractivity contribution < 1.29 is 10.2 Å². The van der Waals surface area contributed by atoms with E-state index in [1.807, 2.05) is 24.3 Å². The third-order valence-electron chi connectivity index (χ3n) is 2.22. The summed E-state index contributed by atoms with van der Waals surface area (Å²) in [5.74, 6) is 0. The van der Waals surface area contributed by atoms with Gasteiger partial charge in [-0.15, -0.1) is 0 Å². The van der Waals surface area contributed by atoms with Crippen LogP contribution in [0.2, 0.25) is 0 Å². The van der Waals surface area contributed by atoms with Gasteiger partial charge in [-0.25, -0.2) is 0 Å². The number of aliphatic hydroxyl groups excluding tert-OH is 1. The Hall–Kier alpha value is -0.900. The average molecular weight is 195 g/mol. The average Bonchev–Trinajstić information content (AvgIpc) is 2.15. The first-order valence-electron chi connectivity index (χ1n) is 4.64. The molecule has 1 aromatic rings. The molecule has 0 aliphatic heterocycles. The Labute approximate surface area is 84.2 Å². The van der Waals surface area contributed by atoms with E-state index in [9.17, 15) is 5.11 Å². The zero-order chi connectivity index (χ0) is 10.8. The largest absolute Gasteiger partial charge is 0.394 e. The lowest BCUT2D eigenvalue weighted by Gasteiger charge is -2.19. The zero-order valence-corrected chi connectivity index (χ0v) is 8.57. The van der Waals surface area contributed by atoms with Crippen LogP contribution in [0.15, 0.2) is 24.3 Å². The first-order chi connectivity index (χ1) is 6.45. The van der Waals surface area contributed by atoms with E-state index in [1.54, 1.807) is 13.8 Å². The Bertz CT molecular complexity index is 304. The quantitative estimate of drug-likeness (QED) is 0.671. The maximum Gasteiger partial charge on any atom is 0.0840 e. The molecule has 0 fully saturated rings. The molecule has 3 heteroatoms. The van der Waals surface area contributed by atoms with Gasteiger partial charge >= 0.3 is 0 Å². The van der Waals surface area contributed by atoms with Gasteiger partial charge in [0.25, 0.3) is 0 Å². The fraction of sp³-hybridized carbons (Fsp3) is 0.455. The zero-order valence-electron chi connectivity index (χ0n) is 8.57. The van der Waals surface area contributed by atoms with Crippen LogP contribution in [0.25, 0.3) is 0 Å². The molecule has 1 unspecified atom stereocenters. The molecule has 0 amide bonds. The van der Waals surface area contributed by atoms with Gasteiger partial charge in [0.2, 0.25) is 0 Å². The summed E-state index contributed by atoms with van der Waals surface area (Å²) in [5, 5.41) is 18.7. The molecule has 14 heavy (non-hydrogen) atoms. The molecule has 0 radical (unpaired) electrons. The Kier molecular flexibility index (Phi) is 3.26. The molecule has 4 N–H and O–H groups in total. The molecular formula is C11H17NO2. The van der Waals surface area contributed by atoms with E-state index in [4.69, 9.17) is 10.8 Å². The van der Waals surface area contributed by atoms with E-state index in [0.717, 1.165) is 11.1 Å². The van der Waals surface area contributed by atoms with Crippen LogP contribution < -0.4 is 5.73 Å². The predicted octanol–water partition coefficient (Wildman–Crippen LogP) is 0.906. The Balaban J connectivity index is 3.01. The molecule has 0 aliphatic rings. The maximum atomic E-state index is 9.76. The van der Waals surface area contributed by atoms with Gasteiger partial charge in [-0.05, 0) is 25.0 Å². The van der Waals surface area contributed by atoms with Crippen LogP contribution in [0.4, 0.5) is 0 Å². The molecule has 1 aromatic carbocycles. The smallest absolute Gasteiger partial charge is 0.0840 e. The van der Waals surface area contributed by atoms with Crippen molar-refractivity contribution in [3.8, 4) is 0 Å². The monoisotopic (exact) mass is 195 g/mol. The number of benzene rings is 1. The van der Waals surface area contributed by atoms with Crippen LogP contribution in [-0.2, 0) is 5.60 Å². The standard InChI is InChI=1S/C11H17NO2/c1-11(2,14)9-5-3-4-8(6-9)10(12)7-13/h3-6,10,13-14H,7,12H2,1-2H3. The van der Waals surface area contributed by atoms with E-state index in [1.165, 1.54) is 0 Å². The van der Waals surface area contributed by atoms with E-state index >= 15 is 0 Å². The highest BCUT2D eigenvalue weighted by Gasteiger charge is 2.16. The first-order valence-corrected chi connectivity index (χ1v) is 4.64. The maximum absolute atomic E-state index is 9.76. The summed E-state index contributed by atoms with van der Waals surface area (Å²) >= 11 is 0. The van der Waals surface area contributed by atoms with Gasteiger partial charge in [-0.2, -0.15) is 0 Å². The number of aliphatic hydroxyl groups is 2. The molecule has 0 saturated heterocycles. The van der Waals surface area contributed by atoms with Gasteiger partial charge in [-0.3, -0.25) is 0 Å². The fourth-order valence-electron chi connectivity index (χ4n) is 1.26. The van der Waals surface area contributed by atoms with Crippen molar-refractivity contribution in [1.82, 2.24) is 0 Å². The Morgan fingerprint density at radius 3 is 2.57 bits per heavy atom. The number of hydrogen-bond acceptors (Lipinski definition) is 3. The summed E-state index contributed by atoms with van der Waals surface area (Å²) in [7, 11) is 0. The Morgan fingerprint density at radius 2 is 2.07 bits per heavy atom. The highest BCUT2D eigenvalue weighted by molar-refractivity contribution is 5.29. The van der Waals surface area contributed by atoms with E-state index in [2.05, 4.69) is 0 Å². The lowest BCUT2D eigenvalue weighted by molar-refractivity contribution is 0.0784. The summed E-state index contributed by atoms with van der Waals surface area (Å²) in [6.07, 6.45) is 0. The lowest BCUT2D eigenvalue weighted by Crippen LogP contribution is -2.18. The summed E-state index contributed by atoms with van der Waals surface area (Å²) < 4.78 is 0. The molecule has 0 spiro atoms. The summed E-state index contributed by atoms with van der Waals surface area (Å²) in [6.45, 7) is 3.35. The molecule has 78 valence electrons. The van der Waals surface area contributed by atoms with Crippen LogP contribution in [-0.4, -0.2) is 16.8 Å². The molecule has 1 atom stereocenters. The fourth-order valence-corrected chi connectivity index (χ4v) is 1.26. The second-order valence-corrected chi connectivity index (χ2v) is 3.97. The van der Waals surface area contributed by atoms with Crippen LogP contribution in [0.5, 0.6) is 0 Å². The van der Waals surface area contributed by atoms with Crippen molar-refractivity contribution in [2.45, 2.75) is 25.5 Å². The minimum Gasteiger partial charge on any atom is -0.394 e. The van der Waals surface area contributed by atoms with Gasteiger partial charge < -0.3 is 15.9 Å². The third kappa shape index (κ3) is 2.54. The first kappa shape index (κ1) is 11.2. The second kappa shape index (κ2) is 4.09. The second-order valence-electron chi connectivity index (χ2n) is 3.97. The van der Waals surface area contributed by atoms with E-state index in [0.29, 0.717) is 0 Å². The highest BCUT2D eigenvalue weighted by Crippen LogP contribution is 2.22. The van der Waals surface area contributed by atoms with Crippen LogP contribution in [0.1, 0.15) is 31.0 Å². The predicted molar refractivity (Wildman–Crippen MR) is 55.7 cm³/mol. The van der Waals surface area contributed by atoms with Gasteiger partial charge in [0.05, 0.1) is 18.2 Å². The summed E-state index contributed by atoms with van der Waals surface area (Å²) in [5.41, 5.74) is 6.45. The molecular weight excluding hydrogens is 178 g/mol. The van der Waals surface area contributed by atoms with Crippen molar-refractivity contribution in [3.63, 3.8) is 0 Å². The number of nitrogens with two attached hydrogens (primary N) is 1. The molecule has 1 rings (SSSR count). The van der Waals surface area contributed by atoms with E-state index < -0.39 is 5.60 Å². The van der Waals surface area contributed by atoms with Gasteiger partial charge in [-0.1, -0.05) is 24.3 Å². The van der Waals surface area contributed by atoms with Gasteiger partial charge in [0.15, 0.2) is 0 Å². The van der Waals surface area contributed by atoms with Crippen molar-refractivity contribution in [2.24, 2.45) is 5.73 Å². The summed E-state index contributed by atoms with van der Waals surface area (Å²) in [6, 6.07) is 6.96. The van der Waals surface area contributed by atoms with Crippen LogP contribution in [0.3, 0.4) is 0 Å². The molecule has 0 saturated carbocycles. The lowest BCUT2D eigenvalue weighted by atomic mass is 9.95. The summed E-state index contributed by atoms with van der Waals surface area (Å²) in [4.78, 5) is 0. The van der Waals surface area contributed by atoms with Gasteiger partial charge in [0.1, 0.15) is 0 Å². The topological polar surface area (TPSA) is 66.5 Å². The van der Waals surface area contributed by atoms with Crippen molar-refractivity contribution in [2.75, 3.05) is 6.61 Å². The molecule has 3 nitrogen and oxygen atoms in total. The third-order valence-corrected chi connectivity index (χ3v) is 2.22. The van der Waals surface area contributed by atoms with Crippen LogP contribution >= 0.6 is 0 Å². The number of hydrogen-bond donors (Lipinski definition) is 3. The molecule has 0 heterocycles. The minimum absolute atomic E-state index is 0.0880. The Morgan fingerprint density at radius 1 is 1.43 bits per heavy atom. The van der Waals surface area contributed by atoms with Crippen LogP contribution in [0, 0.1) is 0 Å². The minimum atomic E-state index is -0.870. The highest BCUT2D eigenvalue weighted by atomic mass is 16.3. The van der Waals surface area contributed by atoms with E-state index in [-0.39, 0.29) is 12.6 Å². The molecule has 0 bridgehead atoms. The van der Waals surface area contributed by atoms with Crippen molar-refractivity contribution in [3.05, 3.63) is 35.4 Å². The normalized spacial score (nSPS) is 14.1. The van der Waals surface area contributed by atoms with Gasteiger partial charge in [0, 0.05) is 0 Å². The number of rotatable bonds is 3. The SMILES string of the molecule is CC(C)(O)c1cccc(C(N)CO)c1. The van der Waals surface area contributed by atoms with Crippen molar-refractivity contribution in [1.29, 1.82) is 0 Å². The molecule has 0 aromatic heterocycles. The van der Waals surface area contributed by atoms with Crippen molar-refractivity contribution >= 4 is 0 Å².